The van der Waals surface area contributed by atoms with Crippen molar-refractivity contribution in [3.63, 3.8) is 0 Å². The zero-order valence-electron chi connectivity index (χ0n) is 10.9. The second-order valence-electron chi connectivity index (χ2n) is 4.46. The number of carboxylic acids is 1. The Hall–Kier alpha value is -2.16. The van der Waals surface area contributed by atoms with Crippen molar-refractivity contribution in [2.24, 2.45) is 5.92 Å². The number of benzene rings is 1. The number of nitrogens with zero attached hydrogens (tertiary/aromatic N) is 1. The van der Waals surface area contributed by atoms with Crippen LogP contribution in [0, 0.1) is 17.2 Å². The van der Waals surface area contributed by atoms with Gasteiger partial charge in [0.15, 0.2) is 0 Å². The number of carbonyl (C=O) groups is 1. The minimum Gasteiger partial charge on any atom is -0.481 e. The predicted molar refractivity (Wildman–Crippen MR) is 72.6 cm³/mol. The van der Waals surface area contributed by atoms with E-state index in [1.54, 1.807) is 36.4 Å². The third-order valence-electron chi connectivity index (χ3n) is 2.89. The lowest BCUT2D eigenvalue weighted by atomic mass is 9.94. The molecule has 0 bridgehead atoms. The van der Waals surface area contributed by atoms with Gasteiger partial charge in [0.05, 0.1) is 30.3 Å². The van der Waals surface area contributed by atoms with Gasteiger partial charge in [0.1, 0.15) is 0 Å². The SMILES string of the molecule is N#Cc1ccc(CO)cc1.O=C(O)[C@@H]1C=CC[C@H](O)C1. The number of hydrogen-bond acceptors (Lipinski definition) is 4. The standard InChI is InChI=1S/C8H7NO.C7H10O3/c9-5-7-1-3-8(6-10)4-2-7;8-6-3-1-2-5(4-6)7(9)10/h1-4,10H,6H2;1-2,5-6,8H,3-4H2,(H,9,10)/t;5-,6+/m.1/s1. The molecular formula is C15H17NO4. The number of nitriles is 1. The Morgan fingerprint density at radius 3 is 2.40 bits per heavy atom. The van der Waals surface area contributed by atoms with Gasteiger partial charge in [-0.2, -0.15) is 5.26 Å². The van der Waals surface area contributed by atoms with Crippen molar-refractivity contribution in [3.8, 4) is 6.07 Å². The van der Waals surface area contributed by atoms with E-state index in [1.165, 1.54) is 0 Å². The summed E-state index contributed by atoms with van der Waals surface area (Å²) in [6, 6.07) is 8.84. The highest BCUT2D eigenvalue weighted by molar-refractivity contribution is 5.72. The second kappa shape index (κ2) is 8.10. The molecule has 1 aromatic rings. The Bertz CT molecular complexity index is 502. The van der Waals surface area contributed by atoms with Gasteiger partial charge in [0, 0.05) is 0 Å². The van der Waals surface area contributed by atoms with Crippen LogP contribution < -0.4 is 0 Å². The molecule has 3 N–H and O–H groups in total. The first-order valence-corrected chi connectivity index (χ1v) is 6.24. The van der Waals surface area contributed by atoms with Crippen molar-refractivity contribution in [3.05, 3.63) is 47.5 Å². The highest BCUT2D eigenvalue weighted by atomic mass is 16.4. The van der Waals surface area contributed by atoms with Crippen LogP contribution in [0.4, 0.5) is 0 Å². The van der Waals surface area contributed by atoms with Crippen LogP contribution in [-0.2, 0) is 11.4 Å². The minimum absolute atomic E-state index is 0.0334. The van der Waals surface area contributed by atoms with Gasteiger partial charge in [-0.25, -0.2) is 0 Å². The zero-order chi connectivity index (χ0) is 15.0. The molecule has 20 heavy (non-hydrogen) atoms. The number of aliphatic carboxylic acids is 1. The summed E-state index contributed by atoms with van der Waals surface area (Å²) in [6.07, 6.45) is 3.82. The smallest absolute Gasteiger partial charge is 0.310 e. The van der Waals surface area contributed by atoms with E-state index in [0.29, 0.717) is 18.4 Å². The first kappa shape index (κ1) is 15.9. The number of carboxylic acid groups (broad SMARTS) is 1. The molecule has 0 saturated heterocycles. The van der Waals surface area contributed by atoms with E-state index in [1.807, 2.05) is 6.07 Å². The number of hydrogen-bond donors (Lipinski definition) is 3. The van der Waals surface area contributed by atoms with Crippen molar-refractivity contribution in [1.29, 1.82) is 5.26 Å². The van der Waals surface area contributed by atoms with Crippen molar-refractivity contribution >= 4 is 5.97 Å². The number of aliphatic hydroxyl groups is 2. The van der Waals surface area contributed by atoms with Crippen molar-refractivity contribution in [2.75, 3.05) is 0 Å². The van der Waals surface area contributed by atoms with Crippen LogP contribution in [0.15, 0.2) is 36.4 Å². The Morgan fingerprint density at radius 2 is 2.00 bits per heavy atom. The molecule has 5 nitrogen and oxygen atoms in total. The molecule has 106 valence electrons. The topological polar surface area (TPSA) is 102 Å². The third kappa shape index (κ3) is 5.22. The summed E-state index contributed by atoms with van der Waals surface area (Å²) in [5.74, 6) is -1.33. The Kier molecular flexibility index (Phi) is 6.44. The lowest BCUT2D eigenvalue weighted by Crippen LogP contribution is -2.21. The molecule has 0 fully saturated rings. The Labute approximate surface area is 117 Å². The summed E-state index contributed by atoms with van der Waals surface area (Å²) in [7, 11) is 0. The maximum absolute atomic E-state index is 10.3. The van der Waals surface area contributed by atoms with Gasteiger partial charge in [0.2, 0.25) is 0 Å². The molecule has 0 aliphatic heterocycles. The highest BCUT2D eigenvalue weighted by Gasteiger charge is 2.20. The van der Waals surface area contributed by atoms with Crippen LogP contribution in [0.3, 0.4) is 0 Å². The maximum Gasteiger partial charge on any atom is 0.310 e. The molecule has 1 aromatic carbocycles. The molecule has 0 spiro atoms. The van der Waals surface area contributed by atoms with Gasteiger partial charge < -0.3 is 15.3 Å². The summed E-state index contributed by atoms with van der Waals surface area (Å²) in [5, 5.41) is 34.5. The minimum atomic E-state index is -0.852. The van der Waals surface area contributed by atoms with Crippen LogP contribution in [-0.4, -0.2) is 27.4 Å². The molecule has 2 atom stereocenters. The van der Waals surface area contributed by atoms with Gasteiger partial charge in [-0.05, 0) is 30.5 Å². The van der Waals surface area contributed by atoms with Crippen LogP contribution >= 0.6 is 0 Å². The Balaban J connectivity index is 0.000000200. The fourth-order valence-corrected chi connectivity index (χ4v) is 1.74. The summed E-state index contributed by atoms with van der Waals surface area (Å²) in [5.41, 5.74) is 1.45. The van der Waals surface area contributed by atoms with E-state index in [-0.39, 0.29) is 6.61 Å². The van der Waals surface area contributed by atoms with Gasteiger partial charge in [0.25, 0.3) is 0 Å². The van der Waals surface area contributed by atoms with Crippen LogP contribution in [0.2, 0.25) is 0 Å². The lowest BCUT2D eigenvalue weighted by Gasteiger charge is -2.16. The summed E-state index contributed by atoms with van der Waals surface area (Å²) < 4.78 is 0. The van der Waals surface area contributed by atoms with Gasteiger partial charge >= 0.3 is 5.97 Å². The van der Waals surface area contributed by atoms with E-state index in [0.717, 1.165) is 5.56 Å². The molecule has 0 saturated carbocycles. The van der Waals surface area contributed by atoms with Crippen LogP contribution in [0.1, 0.15) is 24.0 Å². The van der Waals surface area contributed by atoms with Crippen molar-refractivity contribution < 1.29 is 20.1 Å². The lowest BCUT2D eigenvalue weighted by molar-refractivity contribution is -0.141. The largest absolute Gasteiger partial charge is 0.481 e. The van der Waals surface area contributed by atoms with E-state index >= 15 is 0 Å². The number of aliphatic hydroxyl groups excluding tert-OH is 2. The first-order chi connectivity index (χ1) is 9.56. The van der Waals surface area contributed by atoms with Crippen LogP contribution in [0.5, 0.6) is 0 Å². The molecule has 2 rings (SSSR count). The molecule has 0 heterocycles. The second-order valence-corrected chi connectivity index (χ2v) is 4.46. The molecule has 0 unspecified atom stereocenters. The van der Waals surface area contributed by atoms with Gasteiger partial charge in [-0.15, -0.1) is 0 Å². The van der Waals surface area contributed by atoms with E-state index in [9.17, 15) is 4.79 Å². The van der Waals surface area contributed by atoms with Crippen molar-refractivity contribution in [2.45, 2.75) is 25.6 Å². The fraction of sp³-hybridized carbons (Fsp3) is 0.333. The van der Waals surface area contributed by atoms with E-state index in [2.05, 4.69) is 0 Å². The zero-order valence-corrected chi connectivity index (χ0v) is 10.9. The average Bonchev–Trinajstić information content (AvgIpc) is 2.48. The molecule has 0 radical (unpaired) electrons. The molecule has 0 aromatic heterocycles. The van der Waals surface area contributed by atoms with Crippen molar-refractivity contribution in [1.82, 2.24) is 0 Å². The average molecular weight is 275 g/mol. The summed E-state index contributed by atoms with van der Waals surface area (Å²) >= 11 is 0. The van der Waals surface area contributed by atoms with Crippen LogP contribution in [0.25, 0.3) is 0 Å². The fourth-order valence-electron chi connectivity index (χ4n) is 1.74. The molecule has 1 aliphatic carbocycles. The normalized spacial score (nSPS) is 20.4. The van der Waals surface area contributed by atoms with Gasteiger partial charge in [-0.3, -0.25) is 4.79 Å². The number of rotatable bonds is 2. The molecule has 5 heteroatoms. The first-order valence-electron chi connectivity index (χ1n) is 6.24. The Morgan fingerprint density at radius 1 is 1.35 bits per heavy atom. The quantitative estimate of drug-likeness (QED) is 0.709. The van der Waals surface area contributed by atoms with E-state index < -0.39 is 18.0 Å². The summed E-state index contributed by atoms with van der Waals surface area (Å²) in [4.78, 5) is 10.3. The molecular weight excluding hydrogens is 258 g/mol. The highest BCUT2D eigenvalue weighted by Crippen LogP contribution is 2.17. The predicted octanol–water partition coefficient (Wildman–Crippen LogP) is 1.45. The molecule has 0 amide bonds. The van der Waals surface area contributed by atoms with E-state index in [4.69, 9.17) is 20.6 Å². The monoisotopic (exact) mass is 275 g/mol. The molecule has 1 aliphatic rings. The maximum atomic E-state index is 10.3. The van der Waals surface area contributed by atoms with Gasteiger partial charge in [-0.1, -0.05) is 24.3 Å². The third-order valence-corrected chi connectivity index (χ3v) is 2.89. The summed E-state index contributed by atoms with van der Waals surface area (Å²) in [6.45, 7) is 0.0334.